The zero-order valence-corrected chi connectivity index (χ0v) is 11.3. The van der Waals surface area contributed by atoms with Crippen molar-refractivity contribution in [2.45, 2.75) is 6.92 Å². The molecule has 0 atom stereocenters. The van der Waals surface area contributed by atoms with Gasteiger partial charge in [0.05, 0.1) is 5.69 Å². The van der Waals surface area contributed by atoms with Crippen LogP contribution in [0.2, 0.25) is 0 Å². The molecule has 1 aliphatic rings. The first kappa shape index (κ1) is 13.1. The molecule has 6 heteroatoms. The average molecular weight is 284 g/mol. The maximum atomic E-state index is 12.1. The summed E-state index contributed by atoms with van der Waals surface area (Å²) >= 11 is 0. The van der Waals surface area contributed by atoms with Crippen LogP contribution in [0, 0.1) is 0 Å². The second-order valence-corrected chi connectivity index (χ2v) is 4.48. The Morgan fingerprint density at radius 3 is 2.62 bits per heavy atom. The van der Waals surface area contributed by atoms with Gasteiger partial charge in [0.15, 0.2) is 17.3 Å². The van der Waals surface area contributed by atoms with E-state index >= 15 is 0 Å². The number of pyridine rings is 1. The first-order valence-corrected chi connectivity index (χ1v) is 6.32. The first-order valence-electron chi connectivity index (χ1n) is 6.32. The molecule has 6 nitrogen and oxygen atoms in total. The van der Waals surface area contributed by atoms with E-state index < -0.39 is 5.91 Å². The van der Waals surface area contributed by atoms with Crippen LogP contribution in [0.4, 0.5) is 5.69 Å². The number of ketones is 1. The van der Waals surface area contributed by atoms with Crippen molar-refractivity contribution in [1.29, 1.82) is 0 Å². The zero-order chi connectivity index (χ0) is 14.8. The second-order valence-electron chi connectivity index (χ2n) is 4.48. The van der Waals surface area contributed by atoms with Gasteiger partial charge in [-0.1, -0.05) is 6.07 Å². The second kappa shape index (κ2) is 5.24. The molecule has 21 heavy (non-hydrogen) atoms. The number of carbonyl (C=O) groups is 2. The number of Topliss-reactive ketones (excluding diaryl/α,β-unsaturated/α-hetero) is 1. The molecule has 1 aliphatic heterocycles. The van der Waals surface area contributed by atoms with Gasteiger partial charge in [-0.15, -0.1) is 0 Å². The van der Waals surface area contributed by atoms with Crippen molar-refractivity contribution in [2.75, 3.05) is 12.1 Å². The molecule has 3 rings (SSSR count). The Morgan fingerprint density at radius 1 is 1.19 bits per heavy atom. The van der Waals surface area contributed by atoms with Gasteiger partial charge in [-0.2, -0.15) is 0 Å². The summed E-state index contributed by atoms with van der Waals surface area (Å²) in [7, 11) is 0. The van der Waals surface area contributed by atoms with Crippen LogP contribution in [0.5, 0.6) is 11.5 Å². The molecular weight excluding hydrogens is 272 g/mol. The lowest BCUT2D eigenvalue weighted by molar-refractivity contribution is 0.101. The standard InChI is InChI=1S/C15H12N2O4/c1-9(18)10-6-13-14(21-8-20-13)7-12(10)17-15(19)11-4-2-3-5-16-11/h2-7H,8H2,1H3,(H,17,19). The lowest BCUT2D eigenvalue weighted by Crippen LogP contribution is -2.15. The third-order valence-electron chi connectivity index (χ3n) is 3.04. The molecule has 0 bridgehead atoms. The predicted octanol–water partition coefficient (Wildman–Crippen LogP) is 2.27. The molecule has 0 aliphatic carbocycles. The molecule has 1 aromatic carbocycles. The highest BCUT2D eigenvalue weighted by Crippen LogP contribution is 2.37. The Kier molecular flexibility index (Phi) is 3.27. The normalized spacial score (nSPS) is 12.0. The van der Waals surface area contributed by atoms with Crippen molar-refractivity contribution in [3.63, 3.8) is 0 Å². The van der Waals surface area contributed by atoms with Crippen molar-refractivity contribution in [1.82, 2.24) is 4.98 Å². The summed E-state index contributed by atoms with van der Waals surface area (Å²) in [5.74, 6) is 0.425. The van der Waals surface area contributed by atoms with E-state index in [0.717, 1.165) is 0 Å². The van der Waals surface area contributed by atoms with Crippen molar-refractivity contribution in [3.05, 3.63) is 47.8 Å². The van der Waals surface area contributed by atoms with Crippen molar-refractivity contribution in [2.24, 2.45) is 0 Å². The molecule has 0 unspecified atom stereocenters. The average Bonchev–Trinajstić information content (AvgIpc) is 2.94. The fourth-order valence-electron chi connectivity index (χ4n) is 2.02. The number of anilines is 1. The highest BCUT2D eigenvalue weighted by atomic mass is 16.7. The van der Waals surface area contributed by atoms with Gasteiger partial charge < -0.3 is 14.8 Å². The van der Waals surface area contributed by atoms with Crippen molar-refractivity contribution < 1.29 is 19.1 Å². The van der Waals surface area contributed by atoms with E-state index in [1.165, 1.54) is 13.1 Å². The van der Waals surface area contributed by atoms with E-state index in [1.54, 1.807) is 30.3 Å². The number of hydrogen-bond donors (Lipinski definition) is 1. The van der Waals surface area contributed by atoms with Crippen LogP contribution < -0.4 is 14.8 Å². The third-order valence-corrected chi connectivity index (χ3v) is 3.04. The Bertz CT molecular complexity index is 713. The van der Waals surface area contributed by atoms with Gasteiger partial charge in [-0.25, -0.2) is 0 Å². The van der Waals surface area contributed by atoms with Crippen molar-refractivity contribution >= 4 is 17.4 Å². The molecular formula is C15H12N2O4. The molecule has 0 spiro atoms. The number of hydrogen-bond acceptors (Lipinski definition) is 5. The van der Waals surface area contributed by atoms with Gasteiger partial charge in [0.2, 0.25) is 6.79 Å². The van der Waals surface area contributed by atoms with Gasteiger partial charge in [-0.05, 0) is 25.1 Å². The summed E-state index contributed by atoms with van der Waals surface area (Å²) in [5.41, 5.74) is 1.01. The Balaban J connectivity index is 1.95. The summed E-state index contributed by atoms with van der Waals surface area (Å²) < 4.78 is 10.5. The van der Waals surface area contributed by atoms with E-state index in [9.17, 15) is 9.59 Å². The fraction of sp³-hybridized carbons (Fsp3) is 0.133. The number of amides is 1. The van der Waals surface area contributed by atoms with E-state index in [4.69, 9.17) is 9.47 Å². The first-order chi connectivity index (χ1) is 10.1. The molecule has 1 amide bonds. The summed E-state index contributed by atoms with van der Waals surface area (Å²) in [6.45, 7) is 1.53. The molecule has 1 aromatic heterocycles. The van der Waals surface area contributed by atoms with Crippen LogP contribution in [0.25, 0.3) is 0 Å². The highest BCUT2D eigenvalue weighted by molar-refractivity contribution is 6.08. The van der Waals surface area contributed by atoms with E-state index in [1.807, 2.05) is 0 Å². The quantitative estimate of drug-likeness (QED) is 0.875. The van der Waals surface area contributed by atoms with Gasteiger partial charge >= 0.3 is 0 Å². The molecule has 1 N–H and O–H groups in total. The van der Waals surface area contributed by atoms with Crippen LogP contribution in [-0.2, 0) is 0 Å². The minimum atomic E-state index is -0.392. The lowest BCUT2D eigenvalue weighted by atomic mass is 10.1. The molecule has 0 saturated carbocycles. The molecule has 2 heterocycles. The maximum Gasteiger partial charge on any atom is 0.274 e. The number of carbonyl (C=O) groups excluding carboxylic acids is 2. The molecule has 106 valence electrons. The Labute approximate surface area is 120 Å². The number of ether oxygens (including phenoxy) is 2. The van der Waals surface area contributed by atoms with E-state index in [0.29, 0.717) is 22.7 Å². The van der Waals surface area contributed by atoms with Crippen LogP contribution in [0.1, 0.15) is 27.8 Å². The molecule has 0 fully saturated rings. The van der Waals surface area contributed by atoms with Crippen LogP contribution in [0.3, 0.4) is 0 Å². The fourth-order valence-corrected chi connectivity index (χ4v) is 2.02. The van der Waals surface area contributed by atoms with Crippen LogP contribution in [-0.4, -0.2) is 23.5 Å². The topological polar surface area (TPSA) is 77.5 Å². The number of benzene rings is 1. The summed E-state index contributed by atoms with van der Waals surface area (Å²) in [5, 5.41) is 2.68. The minimum absolute atomic E-state index is 0.102. The Hall–Kier alpha value is -2.89. The van der Waals surface area contributed by atoms with E-state index in [-0.39, 0.29) is 18.3 Å². The number of nitrogens with one attached hydrogen (secondary N) is 1. The molecule has 0 saturated heterocycles. The van der Waals surface area contributed by atoms with Crippen molar-refractivity contribution in [3.8, 4) is 11.5 Å². The maximum absolute atomic E-state index is 12.1. The lowest BCUT2D eigenvalue weighted by Gasteiger charge is -2.10. The van der Waals surface area contributed by atoms with Gasteiger partial charge in [0.25, 0.3) is 5.91 Å². The summed E-state index contributed by atoms with van der Waals surface area (Å²) in [4.78, 5) is 27.8. The van der Waals surface area contributed by atoms with Crippen LogP contribution >= 0.6 is 0 Å². The monoisotopic (exact) mass is 284 g/mol. The number of aromatic nitrogens is 1. The van der Waals surface area contributed by atoms with Crippen LogP contribution in [0.15, 0.2) is 36.5 Å². The van der Waals surface area contributed by atoms with E-state index in [2.05, 4.69) is 10.3 Å². The minimum Gasteiger partial charge on any atom is -0.454 e. The SMILES string of the molecule is CC(=O)c1cc2c(cc1NC(=O)c1ccccn1)OCO2. The van der Waals surface area contributed by atoms with Gasteiger partial charge in [0, 0.05) is 17.8 Å². The predicted molar refractivity (Wildman–Crippen MR) is 74.8 cm³/mol. The summed E-state index contributed by atoms with van der Waals surface area (Å²) in [6.07, 6.45) is 1.53. The zero-order valence-electron chi connectivity index (χ0n) is 11.3. The van der Waals surface area contributed by atoms with Gasteiger partial charge in [0.1, 0.15) is 5.69 Å². The highest BCUT2D eigenvalue weighted by Gasteiger charge is 2.20. The largest absolute Gasteiger partial charge is 0.454 e. The summed E-state index contributed by atoms with van der Waals surface area (Å²) in [6, 6.07) is 8.18. The number of rotatable bonds is 3. The number of fused-ring (bicyclic) bond motifs is 1. The third kappa shape index (κ3) is 2.55. The molecule has 0 radical (unpaired) electrons. The molecule has 2 aromatic rings. The number of nitrogens with zero attached hydrogens (tertiary/aromatic N) is 1. The Morgan fingerprint density at radius 2 is 1.95 bits per heavy atom. The smallest absolute Gasteiger partial charge is 0.274 e. The van der Waals surface area contributed by atoms with Gasteiger partial charge in [-0.3, -0.25) is 14.6 Å².